The molecule has 0 bridgehead atoms. The van der Waals surface area contributed by atoms with Gasteiger partial charge in [0.05, 0.1) is 17.7 Å². The van der Waals surface area contributed by atoms with E-state index in [2.05, 4.69) is 18.3 Å². The van der Waals surface area contributed by atoms with Gasteiger partial charge in [0.15, 0.2) is 0 Å². The van der Waals surface area contributed by atoms with E-state index in [-0.39, 0.29) is 6.04 Å². The van der Waals surface area contributed by atoms with Gasteiger partial charge in [0.2, 0.25) is 0 Å². The number of aliphatic hydroxyl groups excluding tert-OH is 1. The number of nitrogens with zero attached hydrogens (tertiary/aromatic N) is 1. The summed E-state index contributed by atoms with van der Waals surface area (Å²) in [5.41, 5.74) is 1.69. The third kappa shape index (κ3) is 3.70. The maximum atomic E-state index is 9.02. The molecule has 0 amide bonds. The van der Waals surface area contributed by atoms with Gasteiger partial charge < -0.3 is 10.4 Å². The van der Waals surface area contributed by atoms with Crippen molar-refractivity contribution in [1.82, 2.24) is 5.32 Å². The number of hydrogen-bond donors (Lipinski definition) is 2. The highest BCUT2D eigenvalue weighted by atomic mass is 16.3. The van der Waals surface area contributed by atoms with Gasteiger partial charge in [-0.15, -0.1) is 0 Å². The van der Waals surface area contributed by atoms with Crippen LogP contribution in [0.15, 0.2) is 24.3 Å². The number of hydrogen-bond acceptors (Lipinski definition) is 3. The second-order valence-electron chi connectivity index (χ2n) is 3.52. The third-order valence-electron chi connectivity index (χ3n) is 2.18. The SMILES string of the molecule is [CH2][C@H](O)CNC(C)c1cccc(C#N)c1. The maximum Gasteiger partial charge on any atom is 0.0991 e. The Hall–Kier alpha value is -1.37. The van der Waals surface area contributed by atoms with Crippen molar-refractivity contribution in [1.29, 1.82) is 5.26 Å². The van der Waals surface area contributed by atoms with E-state index in [1.807, 2.05) is 25.1 Å². The molecule has 1 aromatic carbocycles. The minimum atomic E-state index is -0.605. The van der Waals surface area contributed by atoms with Crippen LogP contribution in [-0.4, -0.2) is 17.8 Å². The van der Waals surface area contributed by atoms with Gasteiger partial charge in [-0.05, 0) is 31.5 Å². The van der Waals surface area contributed by atoms with Crippen LogP contribution < -0.4 is 5.32 Å². The predicted octanol–water partition coefficient (Wildman–Crippen LogP) is 1.40. The highest BCUT2D eigenvalue weighted by Crippen LogP contribution is 2.13. The summed E-state index contributed by atoms with van der Waals surface area (Å²) < 4.78 is 0. The Kier molecular flexibility index (Phi) is 4.29. The molecule has 0 aliphatic heterocycles. The number of benzene rings is 1. The van der Waals surface area contributed by atoms with Crippen molar-refractivity contribution >= 4 is 0 Å². The van der Waals surface area contributed by atoms with Gasteiger partial charge in [0.25, 0.3) is 0 Å². The quantitative estimate of drug-likeness (QED) is 0.777. The Balaban J connectivity index is 2.65. The van der Waals surface area contributed by atoms with E-state index in [9.17, 15) is 0 Å². The van der Waals surface area contributed by atoms with Gasteiger partial charge in [0, 0.05) is 12.6 Å². The highest BCUT2D eigenvalue weighted by Gasteiger charge is 2.06. The van der Waals surface area contributed by atoms with Crippen LogP contribution in [-0.2, 0) is 0 Å². The van der Waals surface area contributed by atoms with Gasteiger partial charge in [-0.1, -0.05) is 12.1 Å². The monoisotopic (exact) mass is 203 g/mol. The first-order chi connectivity index (χ1) is 7.13. The van der Waals surface area contributed by atoms with Gasteiger partial charge >= 0.3 is 0 Å². The van der Waals surface area contributed by atoms with Gasteiger partial charge in [-0.2, -0.15) is 5.26 Å². The van der Waals surface area contributed by atoms with E-state index in [0.29, 0.717) is 12.1 Å². The lowest BCUT2D eigenvalue weighted by molar-refractivity contribution is 0.212. The van der Waals surface area contributed by atoms with Crippen molar-refractivity contribution in [3.8, 4) is 6.07 Å². The molecule has 15 heavy (non-hydrogen) atoms. The van der Waals surface area contributed by atoms with E-state index in [1.54, 1.807) is 6.07 Å². The van der Waals surface area contributed by atoms with E-state index >= 15 is 0 Å². The number of nitriles is 1. The molecule has 3 heteroatoms. The van der Waals surface area contributed by atoms with Crippen LogP contribution in [0.25, 0.3) is 0 Å². The molecule has 3 nitrogen and oxygen atoms in total. The Bertz CT molecular complexity index is 355. The summed E-state index contributed by atoms with van der Waals surface area (Å²) >= 11 is 0. The van der Waals surface area contributed by atoms with E-state index in [1.165, 1.54) is 0 Å². The standard InChI is InChI=1S/C12H15N2O/c1-9(15)8-14-10(2)12-5-3-4-11(6-12)7-13/h3-6,9-10,14-15H,1,8H2,2H3/t9-,10?/m0/s1. The normalized spacial score (nSPS) is 14.3. The van der Waals surface area contributed by atoms with Crippen LogP contribution in [0.3, 0.4) is 0 Å². The highest BCUT2D eigenvalue weighted by molar-refractivity contribution is 5.33. The summed E-state index contributed by atoms with van der Waals surface area (Å²) in [6.07, 6.45) is -0.605. The molecule has 1 radical (unpaired) electrons. The van der Waals surface area contributed by atoms with Crippen LogP contribution in [0.4, 0.5) is 0 Å². The number of rotatable bonds is 4. The summed E-state index contributed by atoms with van der Waals surface area (Å²) in [6, 6.07) is 9.62. The predicted molar refractivity (Wildman–Crippen MR) is 58.9 cm³/mol. The Morgan fingerprint density at radius 3 is 2.93 bits per heavy atom. The average molecular weight is 203 g/mol. The van der Waals surface area contributed by atoms with E-state index in [4.69, 9.17) is 10.4 Å². The van der Waals surface area contributed by atoms with Crippen LogP contribution in [0.1, 0.15) is 24.1 Å². The molecule has 79 valence electrons. The zero-order chi connectivity index (χ0) is 11.3. The lowest BCUT2D eigenvalue weighted by atomic mass is 10.1. The average Bonchev–Trinajstić information content (AvgIpc) is 2.26. The van der Waals surface area contributed by atoms with Crippen LogP contribution in [0.2, 0.25) is 0 Å². The second-order valence-corrected chi connectivity index (χ2v) is 3.52. The molecule has 0 aliphatic carbocycles. The molecule has 1 aromatic rings. The van der Waals surface area contributed by atoms with Crippen molar-refractivity contribution in [3.63, 3.8) is 0 Å². The first kappa shape index (κ1) is 11.7. The van der Waals surface area contributed by atoms with Crippen molar-refractivity contribution in [2.45, 2.75) is 19.1 Å². The molecule has 0 aromatic heterocycles. The van der Waals surface area contributed by atoms with Gasteiger partial charge in [-0.25, -0.2) is 0 Å². The maximum absolute atomic E-state index is 9.02. The minimum absolute atomic E-state index is 0.106. The molecule has 0 spiro atoms. The van der Waals surface area contributed by atoms with E-state index in [0.717, 1.165) is 5.56 Å². The first-order valence-corrected chi connectivity index (χ1v) is 4.88. The van der Waals surface area contributed by atoms with Crippen molar-refractivity contribution in [3.05, 3.63) is 42.3 Å². The van der Waals surface area contributed by atoms with E-state index < -0.39 is 6.10 Å². The summed E-state index contributed by atoms with van der Waals surface area (Å²) in [4.78, 5) is 0. The summed E-state index contributed by atoms with van der Waals surface area (Å²) in [6.45, 7) is 5.91. The summed E-state index contributed by atoms with van der Waals surface area (Å²) in [5.74, 6) is 0. The van der Waals surface area contributed by atoms with Crippen molar-refractivity contribution in [2.75, 3.05) is 6.54 Å². The molecule has 2 N–H and O–H groups in total. The smallest absolute Gasteiger partial charge is 0.0991 e. The van der Waals surface area contributed by atoms with Crippen molar-refractivity contribution < 1.29 is 5.11 Å². The first-order valence-electron chi connectivity index (χ1n) is 4.88. The number of aliphatic hydroxyl groups is 1. The fourth-order valence-corrected chi connectivity index (χ4v) is 1.31. The molecule has 0 fully saturated rings. The Morgan fingerprint density at radius 1 is 1.60 bits per heavy atom. The third-order valence-corrected chi connectivity index (χ3v) is 2.18. The molecule has 0 aliphatic rings. The summed E-state index contributed by atoms with van der Waals surface area (Å²) in [5, 5.41) is 20.9. The largest absolute Gasteiger partial charge is 0.392 e. The van der Waals surface area contributed by atoms with Crippen LogP contribution >= 0.6 is 0 Å². The molecule has 1 rings (SSSR count). The topological polar surface area (TPSA) is 56.0 Å². The van der Waals surface area contributed by atoms with Crippen LogP contribution in [0, 0.1) is 18.3 Å². The lowest BCUT2D eigenvalue weighted by Crippen LogP contribution is -2.27. The fraction of sp³-hybridized carbons (Fsp3) is 0.333. The summed E-state index contributed by atoms with van der Waals surface area (Å²) in [7, 11) is 0. The molecule has 2 atom stereocenters. The second kappa shape index (κ2) is 5.50. The molecule has 0 saturated heterocycles. The van der Waals surface area contributed by atoms with Gasteiger partial charge in [0.1, 0.15) is 0 Å². The minimum Gasteiger partial charge on any atom is -0.392 e. The molecule has 0 heterocycles. The number of nitrogens with one attached hydrogen (secondary N) is 1. The van der Waals surface area contributed by atoms with Gasteiger partial charge in [-0.3, -0.25) is 0 Å². The molecular weight excluding hydrogens is 188 g/mol. The fourth-order valence-electron chi connectivity index (χ4n) is 1.31. The molecule has 1 unspecified atom stereocenters. The zero-order valence-corrected chi connectivity index (χ0v) is 8.77. The lowest BCUT2D eigenvalue weighted by Gasteiger charge is -2.15. The van der Waals surface area contributed by atoms with Crippen molar-refractivity contribution in [2.24, 2.45) is 0 Å². The molecular formula is C12H15N2O. The molecule has 0 saturated carbocycles. The zero-order valence-electron chi connectivity index (χ0n) is 8.77. The Morgan fingerprint density at radius 2 is 2.33 bits per heavy atom. The Labute approximate surface area is 90.4 Å². The van der Waals surface area contributed by atoms with Crippen LogP contribution in [0.5, 0.6) is 0 Å².